The first-order chi connectivity index (χ1) is 17.3. The van der Waals surface area contributed by atoms with Gasteiger partial charge in [0, 0.05) is 11.0 Å². The van der Waals surface area contributed by atoms with Crippen molar-refractivity contribution < 1.29 is 37.0 Å². The van der Waals surface area contributed by atoms with Gasteiger partial charge in [0.1, 0.15) is 5.82 Å². The predicted octanol–water partition coefficient (Wildman–Crippen LogP) is 5.95. The number of halogens is 4. The molecule has 0 radical (unpaired) electrons. The van der Waals surface area contributed by atoms with Crippen LogP contribution in [0.4, 0.5) is 17.6 Å². The Labute approximate surface area is 210 Å². The van der Waals surface area contributed by atoms with Crippen LogP contribution in [-0.2, 0) is 14.3 Å². The van der Waals surface area contributed by atoms with E-state index < -0.39 is 41.5 Å². The summed E-state index contributed by atoms with van der Waals surface area (Å²) in [5.41, 5.74) is 4.44. The van der Waals surface area contributed by atoms with Crippen molar-refractivity contribution in [2.24, 2.45) is 23.2 Å². The largest absolute Gasteiger partial charge is 0.575 e. The maximum atomic E-state index is 13.5. The van der Waals surface area contributed by atoms with Gasteiger partial charge in [0.15, 0.2) is 0 Å². The molecule has 3 aliphatic carbocycles. The van der Waals surface area contributed by atoms with E-state index in [0.717, 1.165) is 28.1 Å². The van der Waals surface area contributed by atoms with Crippen LogP contribution in [0.1, 0.15) is 56.0 Å². The Morgan fingerprint density at radius 1 is 1.22 bits per heavy atom. The van der Waals surface area contributed by atoms with Gasteiger partial charge < -0.3 is 9.84 Å². The van der Waals surface area contributed by atoms with Crippen LogP contribution in [-0.4, -0.2) is 33.2 Å². The van der Waals surface area contributed by atoms with E-state index in [1.807, 2.05) is 26.8 Å². The molecule has 0 saturated heterocycles. The average Bonchev–Trinajstić information content (AvgIpc) is 3.14. The van der Waals surface area contributed by atoms with Gasteiger partial charge in [0.2, 0.25) is 0 Å². The number of esters is 1. The number of allylic oxidation sites excluding steroid dienone is 3. The first-order valence-electron chi connectivity index (χ1n) is 12.1. The normalized spacial score (nSPS) is 28.8. The molecule has 0 aliphatic heterocycles. The number of nitrogens with zero attached hydrogens (tertiary/aromatic N) is 2. The number of benzene rings is 1. The number of carbonyl (C=O) groups is 2. The molecule has 2 aromatic rings. The van der Waals surface area contributed by atoms with Crippen LogP contribution in [0.25, 0.3) is 11.8 Å². The van der Waals surface area contributed by atoms with E-state index >= 15 is 0 Å². The van der Waals surface area contributed by atoms with Crippen LogP contribution in [0.3, 0.4) is 0 Å². The highest BCUT2D eigenvalue weighted by Crippen LogP contribution is 2.62. The molecule has 1 aromatic heterocycles. The van der Waals surface area contributed by atoms with Crippen molar-refractivity contribution in [3.8, 4) is 5.69 Å². The monoisotopic (exact) mass is 518 g/mol. The third-order valence-electron chi connectivity index (χ3n) is 8.48. The molecule has 1 fully saturated rings. The molecule has 1 heterocycles. The van der Waals surface area contributed by atoms with E-state index in [2.05, 4.69) is 4.74 Å². The number of carboxylic acids is 1. The highest BCUT2D eigenvalue weighted by Gasteiger charge is 2.56. The van der Waals surface area contributed by atoms with Crippen molar-refractivity contribution in [1.29, 1.82) is 0 Å². The van der Waals surface area contributed by atoms with Gasteiger partial charge >= 0.3 is 18.3 Å². The van der Waals surface area contributed by atoms with Crippen molar-refractivity contribution >= 4 is 18.0 Å². The smallest absolute Gasteiger partial charge is 0.481 e. The van der Waals surface area contributed by atoms with Crippen molar-refractivity contribution in [2.75, 3.05) is 0 Å². The number of fused-ring (bicyclic) bond motifs is 4. The highest BCUT2D eigenvalue weighted by molar-refractivity contribution is 5.83. The summed E-state index contributed by atoms with van der Waals surface area (Å²) in [6, 6.07) is 6.00. The number of carboxylic acid groups (broad SMARTS) is 1. The third-order valence-corrected chi connectivity index (χ3v) is 8.48. The second kappa shape index (κ2) is 8.56. The molecule has 37 heavy (non-hydrogen) atoms. The maximum Gasteiger partial charge on any atom is 0.575 e. The molecule has 1 unspecified atom stereocenters. The number of rotatable bonds is 3. The summed E-state index contributed by atoms with van der Waals surface area (Å²) >= 11 is 0. The zero-order valence-electron chi connectivity index (χ0n) is 20.5. The molecule has 3 aliphatic rings. The lowest BCUT2D eigenvalue weighted by molar-refractivity contribution is -0.309. The lowest BCUT2D eigenvalue weighted by Gasteiger charge is -2.52. The minimum absolute atomic E-state index is 0.0605. The van der Waals surface area contributed by atoms with E-state index in [-0.39, 0.29) is 18.2 Å². The Kier molecular flexibility index (Phi) is 5.84. The minimum Gasteiger partial charge on any atom is -0.481 e. The van der Waals surface area contributed by atoms with Gasteiger partial charge in [-0.05, 0) is 68.4 Å². The molecule has 0 amide bonds. The highest BCUT2D eigenvalue weighted by atomic mass is 19.4. The standard InChI is InChI=1S/C27H26F4N2O4/c1-13-22-14(2)32-33(17-7-5-16(28)6-8-17)21(22)12-15-4-9-18-20(26(13,15)3)11-10-19(24(34)35)23(18)25(36)37-27(29,30)31/h5-8,11-13,18-19,23H,4,9-10H2,1-3H3,(H,34,35)/t13?,18-,19-,23-,26+/m1/s1. The van der Waals surface area contributed by atoms with Gasteiger partial charge in [-0.25, -0.2) is 9.07 Å². The minimum atomic E-state index is -5.19. The van der Waals surface area contributed by atoms with Crippen LogP contribution < -0.4 is 0 Å². The molecule has 1 saturated carbocycles. The number of ether oxygens (including phenoxy) is 1. The SMILES string of the molecule is Cc1nn(-c2ccc(F)cc2)c2c1C(C)[C@@]1(C)C(=C2)CC[C@@H]2C1=CC[C@@H](C(=O)O)[C@@H]2C(=O)OC(F)(F)F. The van der Waals surface area contributed by atoms with Gasteiger partial charge in [0.05, 0.1) is 28.9 Å². The second-order valence-corrected chi connectivity index (χ2v) is 10.2. The summed E-state index contributed by atoms with van der Waals surface area (Å²) in [6.07, 6.45) is -0.630. The van der Waals surface area contributed by atoms with Gasteiger partial charge in [-0.2, -0.15) is 5.10 Å². The lowest BCUT2D eigenvalue weighted by Crippen LogP contribution is -2.48. The Bertz CT molecular complexity index is 1340. The fraction of sp³-hybridized carbons (Fsp3) is 0.444. The number of aliphatic carboxylic acids is 1. The molecule has 0 bridgehead atoms. The Hall–Kier alpha value is -3.43. The topological polar surface area (TPSA) is 81.4 Å². The summed E-state index contributed by atoms with van der Waals surface area (Å²) in [4.78, 5) is 24.6. The van der Waals surface area contributed by atoms with Crippen molar-refractivity contribution in [2.45, 2.75) is 52.3 Å². The average molecular weight is 519 g/mol. The zero-order chi connectivity index (χ0) is 26.9. The van der Waals surface area contributed by atoms with E-state index in [4.69, 9.17) is 5.10 Å². The molecule has 1 aromatic carbocycles. The fourth-order valence-electron chi connectivity index (χ4n) is 6.69. The van der Waals surface area contributed by atoms with Crippen LogP contribution in [0.15, 0.2) is 41.5 Å². The lowest BCUT2D eigenvalue weighted by atomic mass is 9.51. The molecule has 0 spiro atoms. The molecule has 1 N–H and O–H groups in total. The predicted molar refractivity (Wildman–Crippen MR) is 125 cm³/mol. The van der Waals surface area contributed by atoms with E-state index in [0.29, 0.717) is 18.5 Å². The second-order valence-electron chi connectivity index (χ2n) is 10.2. The molecule has 10 heteroatoms. The quantitative estimate of drug-likeness (QED) is 0.309. The van der Waals surface area contributed by atoms with Crippen molar-refractivity contribution in [3.05, 3.63) is 64.3 Å². The number of hydrogen-bond donors (Lipinski definition) is 1. The summed E-state index contributed by atoms with van der Waals surface area (Å²) in [5.74, 6) is -6.81. The van der Waals surface area contributed by atoms with Crippen LogP contribution in [0.5, 0.6) is 0 Å². The van der Waals surface area contributed by atoms with Crippen molar-refractivity contribution in [1.82, 2.24) is 9.78 Å². The van der Waals surface area contributed by atoms with Gasteiger partial charge in [-0.1, -0.05) is 31.1 Å². The van der Waals surface area contributed by atoms with Gasteiger partial charge in [-0.15, -0.1) is 13.2 Å². The zero-order valence-corrected chi connectivity index (χ0v) is 20.5. The third kappa shape index (κ3) is 3.97. The summed E-state index contributed by atoms with van der Waals surface area (Å²) in [7, 11) is 0. The van der Waals surface area contributed by atoms with Crippen LogP contribution in [0.2, 0.25) is 0 Å². The molecule has 5 rings (SSSR count). The van der Waals surface area contributed by atoms with Crippen LogP contribution >= 0.6 is 0 Å². The molecule has 5 atom stereocenters. The summed E-state index contributed by atoms with van der Waals surface area (Å²) in [5, 5.41) is 14.4. The first-order valence-corrected chi connectivity index (χ1v) is 12.1. The maximum absolute atomic E-state index is 13.5. The molecule has 6 nitrogen and oxygen atoms in total. The van der Waals surface area contributed by atoms with Gasteiger partial charge in [-0.3, -0.25) is 9.59 Å². The van der Waals surface area contributed by atoms with Crippen LogP contribution in [0, 0.1) is 35.9 Å². The van der Waals surface area contributed by atoms with E-state index in [9.17, 15) is 32.3 Å². The Morgan fingerprint density at radius 2 is 1.89 bits per heavy atom. The number of carbonyl (C=O) groups excluding carboxylic acids is 1. The first kappa shape index (κ1) is 25.2. The summed E-state index contributed by atoms with van der Waals surface area (Å²) < 4.78 is 57.9. The number of hydrogen-bond acceptors (Lipinski definition) is 4. The fourth-order valence-corrected chi connectivity index (χ4v) is 6.69. The molecular weight excluding hydrogens is 492 g/mol. The molecule has 196 valence electrons. The number of aromatic nitrogens is 2. The van der Waals surface area contributed by atoms with Crippen molar-refractivity contribution in [3.63, 3.8) is 0 Å². The van der Waals surface area contributed by atoms with Gasteiger partial charge in [0.25, 0.3) is 0 Å². The molecular formula is C27H26F4N2O4. The number of alkyl halides is 3. The Balaban J connectivity index is 1.59. The van der Waals surface area contributed by atoms with E-state index in [1.54, 1.807) is 22.9 Å². The number of aryl methyl sites for hydroxylation is 1. The summed E-state index contributed by atoms with van der Waals surface area (Å²) in [6.45, 7) is 5.90. The van der Waals surface area contributed by atoms with E-state index in [1.165, 1.54) is 12.1 Å². The Morgan fingerprint density at radius 3 is 2.51 bits per heavy atom.